The van der Waals surface area contributed by atoms with Crippen molar-refractivity contribution in [2.45, 2.75) is 26.7 Å². The molecular weight excluding hydrogens is 244 g/mol. The lowest BCUT2D eigenvalue weighted by Gasteiger charge is -2.09. The lowest BCUT2D eigenvalue weighted by atomic mass is 9.97. The number of hydrogen-bond acceptors (Lipinski definition) is 2. The largest absolute Gasteiger partial charge is 0.380 e. The van der Waals surface area contributed by atoms with Crippen molar-refractivity contribution >= 4 is 22.2 Å². The Morgan fingerprint density at radius 1 is 1.36 bits per heavy atom. The molecule has 0 aliphatic heterocycles. The van der Waals surface area contributed by atoms with Crippen molar-refractivity contribution in [1.29, 1.82) is 0 Å². The molecule has 3 heteroatoms. The number of rotatable bonds is 3. The Morgan fingerprint density at radius 3 is 2.57 bits per heavy atom. The van der Waals surface area contributed by atoms with Crippen LogP contribution in [0.25, 0.3) is 0 Å². The summed E-state index contributed by atoms with van der Waals surface area (Å²) >= 11 is 2.71. The van der Waals surface area contributed by atoms with E-state index in [0.717, 1.165) is 18.4 Å². The van der Waals surface area contributed by atoms with Gasteiger partial charge in [0.25, 0.3) is 0 Å². The molecule has 0 amide bonds. The summed E-state index contributed by atoms with van der Waals surface area (Å²) in [6.07, 6.45) is 1.79. The Kier molecular flexibility index (Phi) is 4.14. The van der Waals surface area contributed by atoms with Crippen molar-refractivity contribution in [2.75, 3.05) is 0 Å². The molecule has 2 nitrogen and oxygen atoms in total. The van der Waals surface area contributed by atoms with Gasteiger partial charge in [-0.25, -0.2) is 4.79 Å². The van der Waals surface area contributed by atoms with Gasteiger partial charge in [0.1, 0.15) is 0 Å². The number of benzene rings is 1. The number of carbonyl (C=O) groups excluding carboxylic acids is 1. The molecule has 0 aromatic heterocycles. The molecule has 0 bridgehead atoms. The maximum Gasteiger partial charge on any atom is 0.349 e. The SMILES string of the molecule is CCc1cccc(C(=O)OBr)c1CC. The Bertz CT molecular complexity index is 334. The molecule has 0 atom stereocenters. The zero-order chi connectivity index (χ0) is 10.6. The van der Waals surface area contributed by atoms with Crippen molar-refractivity contribution in [1.82, 2.24) is 0 Å². The van der Waals surface area contributed by atoms with Gasteiger partial charge < -0.3 is 3.83 Å². The Labute approximate surface area is 92.7 Å². The predicted octanol–water partition coefficient (Wildman–Crippen LogP) is 3.28. The van der Waals surface area contributed by atoms with Crippen molar-refractivity contribution in [3.8, 4) is 0 Å². The van der Waals surface area contributed by atoms with E-state index in [2.05, 4.69) is 27.0 Å². The van der Waals surface area contributed by atoms with Gasteiger partial charge in [-0.3, -0.25) is 0 Å². The lowest BCUT2D eigenvalue weighted by Crippen LogP contribution is -2.05. The minimum Gasteiger partial charge on any atom is -0.380 e. The molecule has 0 N–H and O–H groups in total. The highest BCUT2D eigenvalue weighted by Gasteiger charge is 2.13. The molecule has 0 aliphatic carbocycles. The summed E-state index contributed by atoms with van der Waals surface area (Å²) in [5.41, 5.74) is 2.95. The first kappa shape index (κ1) is 11.2. The fourth-order valence-corrected chi connectivity index (χ4v) is 1.79. The van der Waals surface area contributed by atoms with Crippen LogP contribution in [-0.2, 0) is 16.7 Å². The van der Waals surface area contributed by atoms with Crippen LogP contribution in [-0.4, -0.2) is 5.97 Å². The molecule has 0 fully saturated rings. The molecule has 14 heavy (non-hydrogen) atoms. The highest BCUT2D eigenvalue weighted by Crippen LogP contribution is 2.18. The minimum absolute atomic E-state index is 0.322. The second-order valence-corrected chi connectivity index (χ2v) is 3.34. The molecule has 0 unspecified atom stereocenters. The lowest BCUT2D eigenvalue weighted by molar-refractivity contribution is 0.0780. The highest BCUT2D eigenvalue weighted by atomic mass is 79.9. The molecule has 0 saturated heterocycles. The van der Waals surface area contributed by atoms with Crippen LogP contribution in [0.15, 0.2) is 18.2 Å². The molecule has 76 valence electrons. The normalized spacial score (nSPS) is 9.93. The molecule has 0 radical (unpaired) electrons. The van der Waals surface area contributed by atoms with Crippen molar-refractivity contribution in [2.24, 2.45) is 0 Å². The van der Waals surface area contributed by atoms with Gasteiger partial charge >= 0.3 is 5.97 Å². The van der Waals surface area contributed by atoms with Gasteiger partial charge in [0.05, 0.1) is 5.56 Å². The Hall–Kier alpha value is -0.830. The van der Waals surface area contributed by atoms with Gasteiger partial charge in [-0.2, -0.15) is 0 Å². The quantitative estimate of drug-likeness (QED) is 0.830. The van der Waals surface area contributed by atoms with Crippen molar-refractivity contribution < 1.29 is 8.62 Å². The third-order valence-corrected chi connectivity index (χ3v) is 2.59. The van der Waals surface area contributed by atoms with Crippen LogP contribution in [0.2, 0.25) is 0 Å². The highest BCUT2D eigenvalue weighted by molar-refractivity contribution is 9.06. The van der Waals surface area contributed by atoms with E-state index in [1.807, 2.05) is 19.1 Å². The van der Waals surface area contributed by atoms with Crippen LogP contribution in [0.3, 0.4) is 0 Å². The van der Waals surface area contributed by atoms with Gasteiger partial charge in [-0.05, 0) is 30.0 Å². The zero-order valence-electron chi connectivity index (χ0n) is 8.34. The summed E-state index contributed by atoms with van der Waals surface area (Å²) in [5.74, 6) is -0.322. The predicted molar refractivity (Wildman–Crippen MR) is 59.5 cm³/mol. The van der Waals surface area contributed by atoms with E-state index in [9.17, 15) is 4.79 Å². The van der Waals surface area contributed by atoms with Crippen LogP contribution in [0.5, 0.6) is 0 Å². The standard InChI is InChI=1S/C11H13BrO2/c1-3-8-6-5-7-10(9(8)4-2)11(13)14-12/h5-7H,3-4H2,1-2H3. The molecule has 0 heterocycles. The van der Waals surface area contributed by atoms with E-state index in [1.165, 1.54) is 5.56 Å². The van der Waals surface area contributed by atoms with Crippen molar-refractivity contribution in [3.05, 3.63) is 34.9 Å². The van der Waals surface area contributed by atoms with Gasteiger partial charge in [0, 0.05) is 0 Å². The van der Waals surface area contributed by atoms with E-state index in [1.54, 1.807) is 6.07 Å². The second kappa shape index (κ2) is 5.15. The summed E-state index contributed by atoms with van der Waals surface area (Å²) in [6.45, 7) is 4.12. The molecule has 0 saturated carbocycles. The van der Waals surface area contributed by atoms with E-state index in [0.29, 0.717) is 5.56 Å². The van der Waals surface area contributed by atoms with Crippen molar-refractivity contribution in [3.63, 3.8) is 0 Å². The summed E-state index contributed by atoms with van der Waals surface area (Å²) in [4.78, 5) is 11.4. The third kappa shape index (κ3) is 2.15. The van der Waals surface area contributed by atoms with E-state index in [4.69, 9.17) is 0 Å². The minimum atomic E-state index is -0.322. The number of hydrogen-bond donors (Lipinski definition) is 0. The first-order valence-electron chi connectivity index (χ1n) is 4.68. The smallest absolute Gasteiger partial charge is 0.349 e. The fraction of sp³-hybridized carbons (Fsp3) is 0.364. The topological polar surface area (TPSA) is 26.3 Å². The molecule has 0 aliphatic rings. The van der Waals surface area contributed by atoms with Crippen LogP contribution in [0.4, 0.5) is 0 Å². The summed E-state index contributed by atoms with van der Waals surface area (Å²) in [7, 11) is 0. The average Bonchev–Trinajstić information content (AvgIpc) is 2.26. The number of halogens is 1. The summed E-state index contributed by atoms with van der Waals surface area (Å²) < 4.78 is 4.55. The van der Waals surface area contributed by atoms with Gasteiger partial charge in [0.2, 0.25) is 0 Å². The molecule has 0 spiro atoms. The average molecular weight is 257 g/mol. The first-order chi connectivity index (χ1) is 6.74. The van der Waals surface area contributed by atoms with Crippen LogP contribution in [0.1, 0.15) is 35.3 Å². The Balaban J connectivity index is 3.21. The van der Waals surface area contributed by atoms with Gasteiger partial charge in [-0.15, -0.1) is 0 Å². The number of aryl methyl sites for hydroxylation is 1. The fourth-order valence-electron chi connectivity index (χ4n) is 1.62. The summed E-state index contributed by atoms with van der Waals surface area (Å²) in [6, 6.07) is 5.72. The third-order valence-electron chi connectivity index (χ3n) is 2.30. The molecule has 1 rings (SSSR count). The maximum absolute atomic E-state index is 11.4. The maximum atomic E-state index is 11.4. The van der Waals surface area contributed by atoms with Crippen LogP contribution in [0, 0.1) is 0 Å². The van der Waals surface area contributed by atoms with Gasteiger partial charge in [0.15, 0.2) is 16.3 Å². The van der Waals surface area contributed by atoms with E-state index >= 15 is 0 Å². The van der Waals surface area contributed by atoms with Gasteiger partial charge in [-0.1, -0.05) is 26.0 Å². The van der Waals surface area contributed by atoms with Crippen LogP contribution < -0.4 is 0 Å². The van der Waals surface area contributed by atoms with E-state index in [-0.39, 0.29) is 5.97 Å². The van der Waals surface area contributed by atoms with E-state index < -0.39 is 0 Å². The summed E-state index contributed by atoms with van der Waals surface area (Å²) in [5, 5.41) is 0. The Morgan fingerprint density at radius 2 is 2.07 bits per heavy atom. The second-order valence-electron chi connectivity index (χ2n) is 3.01. The number of carbonyl (C=O) groups is 1. The molecular formula is C11H13BrO2. The molecule has 1 aromatic rings. The van der Waals surface area contributed by atoms with Crippen LogP contribution >= 0.6 is 16.3 Å². The first-order valence-corrected chi connectivity index (χ1v) is 5.33. The monoisotopic (exact) mass is 256 g/mol. The zero-order valence-corrected chi connectivity index (χ0v) is 9.93. The molecule has 1 aromatic carbocycles.